The van der Waals surface area contributed by atoms with Crippen LogP contribution in [0.1, 0.15) is 44.1 Å². The lowest BCUT2D eigenvalue weighted by molar-refractivity contribution is -0.121. The fraction of sp³-hybridized carbons (Fsp3) is 0.733. The van der Waals surface area contributed by atoms with Gasteiger partial charge in [0.1, 0.15) is 0 Å². The van der Waals surface area contributed by atoms with Crippen LogP contribution in [0.5, 0.6) is 0 Å². The van der Waals surface area contributed by atoms with Gasteiger partial charge in [-0.15, -0.1) is 0 Å². The van der Waals surface area contributed by atoms with Crippen LogP contribution in [0.25, 0.3) is 0 Å². The van der Waals surface area contributed by atoms with Crippen molar-refractivity contribution in [1.29, 1.82) is 0 Å². The van der Waals surface area contributed by atoms with E-state index in [2.05, 4.69) is 31.2 Å². The summed E-state index contributed by atoms with van der Waals surface area (Å²) in [5.74, 6) is 0.0936. The summed E-state index contributed by atoms with van der Waals surface area (Å²) in [5, 5.41) is 7.50. The molecule has 0 spiro atoms. The van der Waals surface area contributed by atoms with Gasteiger partial charge in [0.05, 0.1) is 18.9 Å². The maximum Gasteiger partial charge on any atom is 0.220 e. The first kappa shape index (κ1) is 15.0. The van der Waals surface area contributed by atoms with Crippen molar-refractivity contribution in [2.24, 2.45) is 12.5 Å². The van der Waals surface area contributed by atoms with Gasteiger partial charge in [0.25, 0.3) is 0 Å². The fourth-order valence-electron chi connectivity index (χ4n) is 2.37. The van der Waals surface area contributed by atoms with E-state index in [0.717, 1.165) is 18.7 Å². The molecule has 112 valence electrons. The van der Waals surface area contributed by atoms with Crippen LogP contribution >= 0.6 is 0 Å². The Morgan fingerprint density at radius 3 is 2.90 bits per heavy atom. The molecule has 1 N–H and O–H groups in total. The molecule has 20 heavy (non-hydrogen) atoms. The third kappa shape index (κ3) is 3.82. The van der Waals surface area contributed by atoms with Crippen LogP contribution in [0.15, 0.2) is 0 Å². The molecule has 0 aromatic carbocycles. The molecular weight excluding hydrogens is 254 g/mol. The Hall–Kier alpha value is -1.36. The number of fused-ring (bicyclic) bond motifs is 1. The highest BCUT2D eigenvalue weighted by Crippen LogP contribution is 2.21. The topological polar surface area (TPSA) is 56.2 Å². The van der Waals surface area contributed by atoms with Crippen LogP contribution in [0.3, 0.4) is 0 Å². The molecule has 0 radical (unpaired) electrons. The predicted octanol–water partition coefficient (Wildman–Crippen LogP) is 1.59. The number of aryl methyl sites for hydroxylation is 2. The molecule has 0 saturated carbocycles. The highest BCUT2D eigenvalue weighted by atomic mass is 16.5. The normalized spacial score (nSPS) is 15.0. The number of hydrogen-bond donors (Lipinski definition) is 1. The van der Waals surface area contributed by atoms with Crippen LogP contribution in [0.4, 0.5) is 0 Å². The van der Waals surface area contributed by atoms with Crippen molar-refractivity contribution >= 4 is 5.91 Å². The Bertz CT molecular complexity index is 486. The number of carbonyl (C=O) groups excluding carboxylic acids is 1. The first-order valence-corrected chi connectivity index (χ1v) is 7.25. The van der Waals surface area contributed by atoms with Crippen LogP contribution in [-0.4, -0.2) is 28.8 Å². The standard InChI is InChI=1S/C15H25N3O2/c1-15(2,3)10-16-14(19)6-5-12-11-9-20-8-7-13(11)18(4)17-12/h5-10H2,1-4H3,(H,16,19). The van der Waals surface area contributed by atoms with E-state index in [1.807, 2.05) is 11.7 Å². The van der Waals surface area contributed by atoms with Crippen molar-refractivity contribution in [2.45, 2.75) is 46.6 Å². The maximum absolute atomic E-state index is 11.9. The molecule has 5 nitrogen and oxygen atoms in total. The molecule has 1 aliphatic rings. The molecule has 0 fully saturated rings. The molecule has 0 atom stereocenters. The summed E-state index contributed by atoms with van der Waals surface area (Å²) in [5.41, 5.74) is 3.56. The minimum Gasteiger partial charge on any atom is -0.376 e. The summed E-state index contributed by atoms with van der Waals surface area (Å²) >= 11 is 0. The van der Waals surface area contributed by atoms with Crippen LogP contribution < -0.4 is 5.32 Å². The lowest BCUT2D eigenvalue weighted by Gasteiger charge is -2.18. The zero-order valence-electron chi connectivity index (χ0n) is 13.0. The van der Waals surface area contributed by atoms with Crippen molar-refractivity contribution in [2.75, 3.05) is 13.2 Å². The van der Waals surface area contributed by atoms with Crippen molar-refractivity contribution < 1.29 is 9.53 Å². The largest absolute Gasteiger partial charge is 0.376 e. The number of rotatable bonds is 4. The minimum absolute atomic E-state index is 0.0936. The van der Waals surface area contributed by atoms with E-state index in [1.54, 1.807) is 0 Å². The lowest BCUT2D eigenvalue weighted by Crippen LogP contribution is -2.32. The molecule has 2 rings (SSSR count). The SMILES string of the molecule is Cn1nc(CCC(=O)NCC(C)(C)C)c2c1CCOC2. The first-order chi connectivity index (χ1) is 9.37. The summed E-state index contributed by atoms with van der Waals surface area (Å²) in [4.78, 5) is 11.9. The van der Waals surface area contributed by atoms with Gasteiger partial charge in [-0.3, -0.25) is 9.48 Å². The van der Waals surface area contributed by atoms with Gasteiger partial charge >= 0.3 is 0 Å². The molecule has 1 aromatic heterocycles. The van der Waals surface area contributed by atoms with E-state index >= 15 is 0 Å². The van der Waals surface area contributed by atoms with Crippen molar-refractivity contribution in [1.82, 2.24) is 15.1 Å². The van der Waals surface area contributed by atoms with Gasteiger partial charge in [0.2, 0.25) is 5.91 Å². The number of amides is 1. The smallest absolute Gasteiger partial charge is 0.220 e. The molecule has 5 heteroatoms. The molecule has 0 aliphatic carbocycles. The quantitative estimate of drug-likeness (QED) is 0.910. The maximum atomic E-state index is 11.9. The Labute approximate surface area is 120 Å². The monoisotopic (exact) mass is 279 g/mol. The van der Waals surface area contributed by atoms with Crippen molar-refractivity contribution in [3.8, 4) is 0 Å². The fourth-order valence-corrected chi connectivity index (χ4v) is 2.37. The van der Waals surface area contributed by atoms with Gasteiger partial charge < -0.3 is 10.1 Å². The average molecular weight is 279 g/mol. The summed E-state index contributed by atoms with van der Waals surface area (Å²) in [6.07, 6.45) is 2.08. The second-order valence-corrected chi connectivity index (χ2v) is 6.64. The van der Waals surface area contributed by atoms with E-state index in [0.29, 0.717) is 26.0 Å². The number of hydrogen-bond acceptors (Lipinski definition) is 3. The highest BCUT2D eigenvalue weighted by Gasteiger charge is 2.20. The minimum atomic E-state index is 0.0936. The van der Waals surface area contributed by atoms with Gasteiger partial charge in [-0.1, -0.05) is 20.8 Å². The third-order valence-electron chi connectivity index (χ3n) is 3.49. The Morgan fingerprint density at radius 2 is 2.20 bits per heavy atom. The van der Waals surface area contributed by atoms with Gasteiger partial charge in [-0.25, -0.2) is 0 Å². The Morgan fingerprint density at radius 1 is 1.45 bits per heavy atom. The van der Waals surface area contributed by atoms with Crippen LogP contribution in [-0.2, 0) is 36.0 Å². The summed E-state index contributed by atoms with van der Waals surface area (Å²) in [6.45, 7) is 8.43. The van der Waals surface area contributed by atoms with E-state index in [4.69, 9.17) is 4.74 Å². The summed E-state index contributed by atoms with van der Waals surface area (Å²) < 4.78 is 7.43. The number of nitrogens with zero attached hydrogens (tertiary/aromatic N) is 2. The Kier molecular flexibility index (Phi) is 4.48. The van der Waals surface area contributed by atoms with E-state index in [9.17, 15) is 4.79 Å². The molecule has 0 bridgehead atoms. The van der Waals surface area contributed by atoms with Gasteiger partial charge in [0.15, 0.2) is 0 Å². The molecule has 0 saturated heterocycles. The van der Waals surface area contributed by atoms with E-state index in [1.165, 1.54) is 11.3 Å². The predicted molar refractivity (Wildman–Crippen MR) is 77.4 cm³/mol. The van der Waals surface area contributed by atoms with E-state index < -0.39 is 0 Å². The number of aromatic nitrogens is 2. The lowest BCUT2D eigenvalue weighted by atomic mass is 9.97. The molecule has 1 aromatic rings. The van der Waals surface area contributed by atoms with Crippen molar-refractivity contribution in [3.63, 3.8) is 0 Å². The number of carbonyl (C=O) groups is 1. The number of ether oxygens (including phenoxy) is 1. The first-order valence-electron chi connectivity index (χ1n) is 7.25. The molecule has 1 amide bonds. The second-order valence-electron chi connectivity index (χ2n) is 6.64. The average Bonchev–Trinajstić information content (AvgIpc) is 2.71. The Balaban J connectivity index is 1.90. The van der Waals surface area contributed by atoms with Gasteiger partial charge in [0, 0.05) is 44.1 Å². The highest BCUT2D eigenvalue weighted by molar-refractivity contribution is 5.76. The number of nitrogens with one attached hydrogen (secondary N) is 1. The zero-order chi connectivity index (χ0) is 14.8. The van der Waals surface area contributed by atoms with Crippen molar-refractivity contribution in [3.05, 3.63) is 17.0 Å². The van der Waals surface area contributed by atoms with Gasteiger partial charge in [-0.2, -0.15) is 5.10 Å². The zero-order valence-corrected chi connectivity index (χ0v) is 13.0. The summed E-state index contributed by atoms with van der Waals surface area (Å²) in [6, 6.07) is 0. The van der Waals surface area contributed by atoms with Gasteiger partial charge in [-0.05, 0) is 5.41 Å². The molecule has 2 heterocycles. The van der Waals surface area contributed by atoms with Crippen LogP contribution in [0, 0.1) is 5.41 Å². The van der Waals surface area contributed by atoms with E-state index in [-0.39, 0.29) is 11.3 Å². The molecular formula is C15H25N3O2. The second kappa shape index (κ2) is 5.95. The summed E-state index contributed by atoms with van der Waals surface area (Å²) in [7, 11) is 1.97. The molecule has 1 aliphatic heterocycles. The van der Waals surface area contributed by atoms with Crippen LogP contribution in [0.2, 0.25) is 0 Å². The third-order valence-corrected chi connectivity index (χ3v) is 3.49. The molecule has 0 unspecified atom stereocenters.